The first kappa shape index (κ1) is 7.67. The summed E-state index contributed by atoms with van der Waals surface area (Å²) < 4.78 is 0.559. The second-order valence-electron chi connectivity index (χ2n) is 2.74. The Morgan fingerprint density at radius 1 is 1.67 bits per heavy atom. The van der Waals surface area contributed by atoms with Crippen LogP contribution in [0.1, 0.15) is 0 Å². The van der Waals surface area contributed by atoms with Gasteiger partial charge in [-0.1, -0.05) is 0 Å². The second-order valence-corrected chi connectivity index (χ2v) is 3.60. The van der Waals surface area contributed by atoms with Gasteiger partial charge in [-0.2, -0.15) is 0 Å². The lowest BCUT2D eigenvalue weighted by Crippen LogP contribution is -2.18. The number of aromatic nitrogens is 1. The summed E-state index contributed by atoms with van der Waals surface area (Å²) in [6.07, 6.45) is 0. The molecule has 2 rings (SSSR count). The molecule has 0 fully saturated rings. The summed E-state index contributed by atoms with van der Waals surface area (Å²) >= 11 is 3.17. The molecule has 1 aliphatic rings. The molecule has 0 saturated heterocycles. The Bertz CT molecular complexity index is 373. The molecule has 0 unspecified atom stereocenters. The van der Waals surface area contributed by atoms with E-state index >= 15 is 0 Å². The minimum absolute atomic E-state index is 0.0932. The molecule has 64 valence electrons. The van der Waals surface area contributed by atoms with E-state index in [1.807, 2.05) is 11.9 Å². The monoisotopic (exact) mass is 229 g/mol. The average Bonchev–Trinajstić information content (AvgIpc) is 2.35. The number of pyridine rings is 1. The van der Waals surface area contributed by atoms with Gasteiger partial charge in [0, 0.05) is 7.05 Å². The van der Waals surface area contributed by atoms with E-state index in [0.29, 0.717) is 4.47 Å². The average molecular weight is 230 g/mol. The zero-order valence-corrected chi connectivity index (χ0v) is 8.10. The van der Waals surface area contributed by atoms with Crippen molar-refractivity contribution in [1.29, 1.82) is 0 Å². The minimum Gasteiger partial charge on any atom is -0.365 e. The van der Waals surface area contributed by atoms with Gasteiger partial charge in [0.25, 0.3) is 5.56 Å². The molecule has 2 heterocycles. The highest BCUT2D eigenvalue weighted by Crippen LogP contribution is 2.27. The molecule has 1 aromatic heterocycles. The molecule has 4 nitrogen and oxygen atoms in total. The van der Waals surface area contributed by atoms with Crippen LogP contribution in [0.5, 0.6) is 0 Å². The van der Waals surface area contributed by atoms with Crippen molar-refractivity contribution in [2.75, 3.05) is 23.9 Å². The standard InChI is InChI=1S/C7H8BrN3O/c1-11-3-9-5-2-4(8)7(12)10-6(5)11/h2,9H,3H2,1H3,(H,10,12). The van der Waals surface area contributed by atoms with Crippen molar-refractivity contribution in [2.24, 2.45) is 0 Å². The Balaban J connectivity index is 2.64. The summed E-state index contributed by atoms with van der Waals surface area (Å²) in [5, 5.41) is 3.14. The number of halogens is 1. The fourth-order valence-electron chi connectivity index (χ4n) is 1.21. The Kier molecular flexibility index (Phi) is 1.61. The van der Waals surface area contributed by atoms with Gasteiger partial charge >= 0.3 is 0 Å². The first-order valence-corrected chi connectivity index (χ1v) is 4.35. The van der Waals surface area contributed by atoms with Crippen LogP contribution in [0.15, 0.2) is 15.3 Å². The number of rotatable bonds is 0. The van der Waals surface area contributed by atoms with Gasteiger partial charge in [0.1, 0.15) is 5.82 Å². The second kappa shape index (κ2) is 2.52. The van der Waals surface area contributed by atoms with Crippen molar-refractivity contribution < 1.29 is 0 Å². The lowest BCUT2D eigenvalue weighted by atomic mass is 10.4. The highest BCUT2D eigenvalue weighted by atomic mass is 79.9. The molecule has 5 heteroatoms. The smallest absolute Gasteiger partial charge is 0.263 e. The van der Waals surface area contributed by atoms with Crippen LogP contribution >= 0.6 is 15.9 Å². The fourth-order valence-corrected chi connectivity index (χ4v) is 1.54. The number of H-pyrrole nitrogens is 1. The van der Waals surface area contributed by atoms with Gasteiger partial charge < -0.3 is 15.2 Å². The van der Waals surface area contributed by atoms with Gasteiger partial charge in [-0.15, -0.1) is 0 Å². The molecular weight excluding hydrogens is 222 g/mol. The normalized spacial score (nSPS) is 14.3. The van der Waals surface area contributed by atoms with Crippen molar-refractivity contribution in [3.63, 3.8) is 0 Å². The predicted molar refractivity (Wildman–Crippen MR) is 51.7 cm³/mol. The van der Waals surface area contributed by atoms with Crippen molar-refractivity contribution in [1.82, 2.24) is 4.98 Å². The molecule has 0 atom stereocenters. The van der Waals surface area contributed by atoms with Gasteiger partial charge in [0.05, 0.1) is 16.8 Å². The maximum atomic E-state index is 11.2. The Labute approximate surface area is 77.7 Å². The molecule has 12 heavy (non-hydrogen) atoms. The van der Waals surface area contributed by atoms with E-state index in [1.165, 1.54) is 0 Å². The third-order valence-electron chi connectivity index (χ3n) is 1.86. The molecule has 1 aromatic rings. The van der Waals surface area contributed by atoms with Crippen molar-refractivity contribution in [3.05, 3.63) is 20.9 Å². The number of hydrogen-bond acceptors (Lipinski definition) is 3. The Morgan fingerprint density at radius 2 is 2.42 bits per heavy atom. The number of anilines is 2. The topological polar surface area (TPSA) is 48.1 Å². The van der Waals surface area contributed by atoms with Crippen molar-refractivity contribution in [2.45, 2.75) is 0 Å². The maximum absolute atomic E-state index is 11.2. The molecule has 0 bridgehead atoms. The SMILES string of the molecule is CN1CNc2cc(Br)c(=O)[nH]c21. The van der Waals surface area contributed by atoms with Crippen LogP contribution in [-0.4, -0.2) is 18.7 Å². The molecule has 0 saturated carbocycles. The molecule has 1 aliphatic heterocycles. The number of fused-ring (bicyclic) bond motifs is 1. The lowest BCUT2D eigenvalue weighted by molar-refractivity contribution is 0.999. The van der Waals surface area contributed by atoms with Gasteiger partial charge in [0.2, 0.25) is 0 Å². The molecule has 0 radical (unpaired) electrons. The molecule has 0 amide bonds. The van der Waals surface area contributed by atoms with E-state index in [9.17, 15) is 4.79 Å². The zero-order chi connectivity index (χ0) is 8.72. The summed E-state index contributed by atoms with van der Waals surface area (Å²) in [4.78, 5) is 15.9. The van der Waals surface area contributed by atoms with E-state index in [1.54, 1.807) is 6.07 Å². The first-order chi connectivity index (χ1) is 5.68. The summed E-state index contributed by atoms with van der Waals surface area (Å²) in [6, 6.07) is 1.79. The summed E-state index contributed by atoms with van der Waals surface area (Å²) in [7, 11) is 1.92. The van der Waals surface area contributed by atoms with Crippen LogP contribution in [-0.2, 0) is 0 Å². The molecule has 0 spiro atoms. The lowest BCUT2D eigenvalue weighted by Gasteiger charge is -2.08. The van der Waals surface area contributed by atoms with Crippen LogP contribution in [0.2, 0.25) is 0 Å². The fraction of sp³-hybridized carbons (Fsp3) is 0.286. The van der Waals surface area contributed by atoms with Crippen LogP contribution in [0.25, 0.3) is 0 Å². The number of hydrogen-bond donors (Lipinski definition) is 2. The first-order valence-electron chi connectivity index (χ1n) is 3.56. The van der Waals surface area contributed by atoms with E-state index in [2.05, 4.69) is 26.2 Å². The Hall–Kier alpha value is -0.970. The van der Waals surface area contributed by atoms with Crippen molar-refractivity contribution >= 4 is 27.4 Å². The van der Waals surface area contributed by atoms with Crippen LogP contribution in [0, 0.1) is 0 Å². The summed E-state index contributed by atoms with van der Waals surface area (Å²) in [5.74, 6) is 0.850. The number of nitrogens with zero attached hydrogens (tertiary/aromatic N) is 1. The molecule has 2 N–H and O–H groups in total. The van der Waals surface area contributed by atoms with E-state index < -0.39 is 0 Å². The van der Waals surface area contributed by atoms with Crippen LogP contribution < -0.4 is 15.8 Å². The van der Waals surface area contributed by atoms with E-state index in [4.69, 9.17) is 0 Å². The number of nitrogens with one attached hydrogen (secondary N) is 2. The maximum Gasteiger partial charge on any atom is 0.263 e. The highest BCUT2D eigenvalue weighted by Gasteiger charge is 2.16. The van der Waals surface area contributed by atoms with Gasteiger partial charge in [-0.25, -0.2) is 0 Å². The third kappa shape index (κ3) is 1.01. The summed E-state index contributed by atoms with van der Waals surface area (Å²) in [6.45, 7) is 0.738. The highest BCUT2D eigenvalue weighted by molar-refractivity contribution is 9.10. The summed E-state index contributed by atoms with van der Waals surface area (Å²) in [5.41, 5.74) is 0.869. The van der Waals surface area contributed by atoms with Crippen LogP contribution in [0.3, 0.4) is 0 Å². The molecule has 0 aromatic carbocycles. The van der Waals surface area contributed by atoms with Gasteiger partial charge in [0.15, 0.2) is 0 Å². The third-order valence-corrected chi connectivity index (χ3v) is 2.45. The van der Waals surface area contributed by atoms with Crippen molar-refractivity contribution in [3.8, 4) is 0 Å². The van der Waals surface area contributed by atoms with E-state index in [0.717, 1.165) is 18.2 Å². The largest absolute Gasteiger partial charge is 0.365 e. The zero-order valence-electron chi connectivity index (χ0n) is 6.52. The molecule has 0 aliphatic carbocycles. The van der Waals surface area contributed by atoms with E-state index in [-0.39, 0.29) is 5.56 Å². The van der Waals surface area contributed by atoms with Gasteiger partial charge in [-0.05, 0) is 22.0 Å². The predicted octanol–water partition coefficient (Wildman–Crippen LogP) is 0.957. The minimum atomic E-state index is -0.0932. The molecular formula is C7H8BrN3O. The number of aromatic amines is 1. The quantitative estimate of drug-likeness (QED) is 0.697. The van der Waals surface area contributed by atoms with Crippen LogP contribution in [0.4, 0.5) is 11.5 Å². The Morgan fingerprint density at radius 3 is 3.17 bits per heavy atom. The van der Waals surface area contributed by atoms with Gasteiger partial charge in [-0.3, -0.25) is 4.79 Å².